The van der Waals surface area contributed by atoms with E-state index in [1.54, 1.807) is 29.6 Å². The molecule has 0 saturated heterocycles. The third-order valence-corrected chi connectivity index (χ3v) is 3.66. The number of nitrogens with one attached hydrogen (secondary N) is 1. The van der Waals surface area contributed by atoms with E-state index in [-0.39, 0.29) is 11.7 Å². The summed E-state index contributed by atoms with van der Waals surface area (Å²) in [6.45, 7) is 0.682. The molecule has 2 rings (SSSR count). The van der Waals surface area contributed by atoms with E-state index in [0.29, 0.717) is 30.6 Å². The smallest absolute Gasteiger partial charge is 0.252 e. The predicted molar refractivity (Wildman–Crippen MR) is 82.7 cm³/mol. The number of halogens is 1. The highest BCUT2D eigenvalue weighted by Crippen LogP contribution is 2.13. The van der Waals surface area contributed by atoms with Crippen LogP contribution >= 0.6 is 11.3 Å². The number of nitrogens with two attached hydrogens (primary N) is 1. The summed E-state index contributed by atoms with van der Waals surface area (Å²) in [5.74, 6) is 5.20. The molecule has 1 aromatic carbocycles. The van der Waals surface area contributed by atoms with Gasteiger partial charge in [0.15, 0.2) is 0 Å². The first kappa shape index (κ1) is 15.2. The van der Waals surface area contributed by atoms with Gasteiger partial charge in [0.1, 0.15) is 5.82 Å². The summed E-state index contributed by atoms with van der Waals surface area (Å²) in [5.41, 5.74) is 6.46. The maximum atomic E-state index is 13.4. The van der Waals surface area contributed by atoms with Crippen molar-refractivity contribution in [3.63, 3.8) is 0 Å². The zero-order valence-corrected chi connectivity index (χ0v) is 12.2. The van der Waals surface area contributed by atoms with Crippen molar-refractivity contribution < 1.29 is 9.18 Å². The molecule has 108 valence electrons. The van der Waals surface area contributed by atoms with Crippen molar-refractivity contribution in [3.8, 4) is 11.8 Å². The Bertz CT molecular complexity index is 685. The minimum atomic E-state index is -0.248. The Morgan fingerprint density at radius 2 is 2.19 bits per heavy atom. The van der Waals surface area contributed by atoms with Gasteiger partial charge in [-0.15, -0.1) is 11.3 Å². The Balaban J connectivity index is 1.87. The fourth-order valence-corrected chi connectivity index (χ4v) is 2.53. The molecule has 0 aliphatic rings. The molecule has 2 aromatic rings. The lowest BCUT2D eigenvalue weighted by Gasteiger charge is -2.04. The molecule has 3 N–H and O–H groups in total. The number of hydrogen-bond donors (Lipinski definition) is 2. The Morgan fingerprint density at radius 1 is 1.38 bits per heavy atom. The molecule has 0 radical (unpaired) electrons. The van der Waals surface area contributed by atoms with E-state index >= 15 is 0 Å². The predicted octanol–water partition coefficient (Wildman–Crippen LogP) is 2.17. The van der Waals surface area contributed by atoms with Crippen LogP contribution in [0.4, 0.5) is 4.39 Å². The van der Waals surface area contributed by atoms with Gasteiger partial charge in [-0.2, -0.15) is 0 Å². The van der Waals surface area contributed by atoms with E-state index in [4.69, 9.17) is 5.73 Å². The van der Waals surface area contributed by atoms with Crippen molar-refractivity contribution in [2.75, 3.05) is 13.1 Å². The monoisotopic (exact) mass is 302 g/mol. The highest BCUT2D eigenvalue weighted by Gasteiger charge is 2.08. The largest absolute Gasteiger partial charge is 0.352 e. The number of rotatable bonds is 4. The van der Waals surface area contributed by atoms with Crippen molar-refractivity contribution in [3.05, 3.63) is 57.5 Å². The van der Waals surface area contributed by atoms with Gasteiger partial charge in [0.25, 0.3) is 5.91 Å². The normalized spacial score (nSPS) is 9.81. The van der Waals surface area contributed by atoms with Crippen molar-refractivity contribution in [1.29, 1.82) is 0 Å². The molecule has 5 heteroatoms. The molecule has 0 aliphatic heterocycles. The van der Waals surface area contributed by atoms with Crippen LogP contribution in [0.1, 0.15) is 20.8 Å². The summed E-state index contributed by atoms with van der Waals surface area (Å²) in [4.78, 5) is 12.7. The molecule has 1 amide bonds. The van der Waals surface area contributed by atoms with Crippen LogP contribution in [0.25, 0.3) is 0 Å². The standard InChI is InChI=1S/C16H15FN2OS/c17-15-6-2-1-4-12(15)7-9-19-16(20)13-10-14(21-11-13)5-3-8-18/h1-2,4,6,10-11H,7-9,18H2,(H,19,20). The van der Waals surface area contributed by atoms with Gasteiger partial charge in [0.05, 0.1) is 17.0 Å². The molecule has 0 bridgehead atoms. The van der Waals surface area contributed by atoms with Crippen LogP contribution in [0.3, 0.4) is 0 Å². The van der Waals surface area contributed by atoms with Crippen molar-refractivity contribution in [1.82, 2.24) is 5.32 Å². The summed E-state index contributed by atoms with van der Waals surface area (Å²) in [6.07, 6.45) is 0.461. The van der Waals surface area contributed by atoms with Crippen LogP contribution in [0.2, 0.25) is 0 Å². The Hall–Kier alpha value is -2.16. The summed E-state index contributed by atoms with van der Waals surface area (Å²) in [6, 6.07) is 8.28. The van der Waals surface area contributed by atoms with Gasteiger partial charge in [0.2, 0.25) is 0 Å². The van der Waals surface area contributed by atoms with E-state index in [9.17, 15) is 9.18 Å². The lowest BCUT2D eigenvalue weighted by molar-refractivity contribution is 0.0954. The van der Waals surface area contributed by atoms with Gasteiger partial charge in [-0.3, -0.25) is 4.79 Å². The molecule has 21 heavy (non-hydrogen) atoms. The van der Waals surface area contributed by atoms with Crippen LogP contribution in [0, 0.1) is 17.7 Å². The van der Waals surface area contributed by atoms with Crippen LogP contribution in [-0.4, -0.2) is 19.0 Å². The second-order valence-corrected chi connectivity index (χ2v) is 5.21. The number of thiophene rings is 1. The zero-order valence-electron chi connectivity index (χ0n) is 11.4. The maximum absolute atomic E-state index is 13.4. The number of carbonyl (C=O) groups excluding carboxylic acids is 1. The molecule has 1 heterocycles. The van der Waals surface area contributed by atoms with E-state index in [1.807, 2.05) is 0 Å². The Kier molecular flexibility index (Phi) is 5.50. The molecule has 0 aliphatic carbocycles. The highest BCUT2D eigenvalue weighted by molar-refractivity contribution is 7.10. The number of hydrogen-bond acceptors (Lipinski definition) is 3. The van der Waals surface area contributed by atoms with Crippen LogP contribution in [0.5, 0.6) is 0 Å². The first-order chi connectivity index (χ1) is 10.2. The van der Waals surface area contributed by atoms with E-state index in [2.05, 4.69) is 17.2 Å². The molecule has 1 aromatic heterocycles. The molecule has 0 spiro atoms. The summed E-state index contributed by atoms with van der Waals surface area (Å²) in [7, 11) is 0. The second-order valence-electron chi connectivity index (χ2n) is 4.30. The van der Waals surface area contributed by atoms with Crippen LogP contribution in [0.15, 0.2) is 35.7 Å². The van der Waals surface area contributed by atoms with Crippen LogP contribution in [-0.2, 0) is 6.42 Å². The molecule has 3 nitrogen and oxygen atoms in total. The lowest BCUT2D eigenvalue weighted by atomic mass is 10.1. The first-order valence-electron chi connectivity index (χ1n) is 6.50. The van der Waals surface area contributed by atoms with Crippen molar-refractivity contribution in [2.45, 2.75) is 6.42 Å². The Morgan fingerprint density at radius 3 is 2.95 bits per heavy atom. The summed E-state index contributed by atoms with van der Waals surface area (Å²) in [5, 5.41) is 4.52. The molecule has 0 fully saturated rings. The van der Waals surface area contributed by atoms with E-state index in [1.165, 1.54) is 17.4 Å². The highest BCUT2D eigenvalue weighted by atomic mass is 32.1. The van der Waals surface area contributed by atoms with Crippen molar-refractivity contribution >= 4 is 17.2 Å². The van der Waals surface area contributed by atoms with Gasteiger partial charge >= 0.3 is 0 Å². The SMILES string of the molecule is NCC#Cc1cc(C(=O)NCCc2ccccc2F)cs1. The number of benzene rings is 1. The summed E-state index contributed by atoms with van der Waals surface area (Å²) < 4.78 is 13.4. The van der Waals surface area contributed by atoms with Crippen molar-refractivity contribution in [2.24, 2.45) is 5.73 Å². The van der Waals surface area contributed by atoms with Gasteiger partial charge in [-0.25, -0.2) is 4.39 Å². The van der Waals surface area contributed by atoms with Crippen LogP contribution < -0.4 is 11.1 Å². The average molecular weight is 302 g/mol. The third-order valence-electron chi connectivity index (χ3n) is 2.81. The number of amides is 1. The Labute approximate surface area is 127 Å². The third kappa shape index (κ3) is 4.42. The molecule has 0 saturated carbocycles. The van der Waals surface area contributed by atoms with E-state index in [0.717, 1.165) is 4.88 Å². The number of carbonyl (C=O) groups is 1. The quantitative estimate of drug-likeness (QED) is 0.851. The molecule has 0 unspecified atom stereocenters. The average Bonchev–Trinajstić information content (AvgIpc) is 2.96. The fraction of sp³-hybridized carbons (Fsp3) is 0.188. The molecular formula is C16H15FN2OS. The zero-order chi connectivity index (χ0) is 15.1. The minimum Gasteiger partial charge on any atom is -0.352 e. The lowest BCUT2D eigenvalue weighted by Crippen LogP contribution is -2.25. The van der Waals surface area contributed by atoms with E-state index < -0.39 is 0 Å². The topological polar surface area (TPSA) is 55.1 Å². The van der Waals surface area contributed by atoms with Gasteiger partial charge < -0.3 is 11.1 Å². The molecular weight excluding hydrogens is 287 g/mol. The summed E-state index contributed by atoms with van der Waals surface area (Å²) >= 11 is 1.40. The van der Waals surface area contributed by atoms with Gasteiger partial charge in [0, 0.05) is 11.9 Å². The maximum Gasteiger partial charge on any atom is 0.252 e. The fourth-order valence-electron chi connectivity index (χ4n) is 1.77. The van der Waals surface area contributed by atoms with Gasteiger partial charge in [-0.05, 0) is 24.1 Å². The van der Waals surface area contributed by atoms with Gasteiger partial charge in [-0.1, -0.05) is 30.0 Å². The first-order valence-corrected chi connectivity index (χ1v) is 7.37. The second kappa shape index (κ2) is 7.58. The minimum absolute atomic E-state index is 0.177. The molecule has 0 atom stereocenters.